The fourth-order valence-corrected chi connectivity index (χ4v) is 5.86. The summed E-state index contributed by atoms with van der Waals surface area (Å²) >= 11 is 0.0639. The number of ether oxygens (including phenoxy) is 1. The Bertz CT molecular complexity index is 908. The number of carbonyl (C=O) groups is 1. The van der Waals surface area contributed by atoms with Crippen molar-refractivity contribution in [3.05, 3.63) is 29.7 Å². The van der Waals surface area contributed by atoms with Gasteiger partial charge in [-0.25, -0.2) is 9.97 Å². The predicted octanol–water partition coefficient (Wildman–Crippen LogP) is 4.29. The second-order valence-corrected chi connectivity index (χ2v) is 11.0. The highest BCUT2D eigenvalue weighted by Gasteiger charge is 2.35. The third kappa shape index (κ3) is 7.10. The molecule has 1 aromatic rings. The number of nitrogens with two attached hydrogens (primary N) is 1. The van der Waals surface area contributed by atoms with Crippen LogP contribution in [0.3, 0.4) is 0 Å². The fourth-order valence-electron chi connectivity index (χ4n) is 5.10. The van der Waals surface area contributed by atoms with E-state index >= 15 is 0 Å². The van der Waals surface area contributed by atoms with E-state index in [1.54, 1.807) is 11.0 Å². The molecule has 3 N–H and O–H groups in total. The molecular weight excluding hydrogens is 479 g/mol. The number of nitrogens with one attached hydrogen (secondary N) is 1. The number of amides is 1. The molecule has 0 aromatic carbocycles. The Hall–Kier alpha value is -1.85. The zero-order valence-electron chi connectivity index (χ0n) is 20.0. The number of aromatic nitrogens is 2. The highest BCUT2D eigenvalue weighted by Crippen LogP contribution is 2.40. The molecule has 1 amide bonds. The molecule has 2 fully saturated rings. The third-order valence-electron chi connectivity index (χ3n) is 7.11. The number of piperidine rings is 1. The van der Waals surface area contributed by atoms with Crippen LogP contribution in [0.25, 0.3) is 0 Å². The molecule has 0 saturated carbocycles. The molecular formula is C24H34F3N5O2S. The van der Waals surface area contributed by atoms with Crippen molar-refractivity contribution < 1.29 is 22.7 Å². The van der Waals surface area contributed by atoms with Gasteiger partial charge in [0.25, 0.3) is 5.91 Å². The topological polar surface area (TPSA) is 93.4 Å². The first kappa shape index (κ1) is 26.2. The minimum absolute atomic E-state index is 0.0118. The molecule has 1 aromatic heterocycles. The molecule has 0 spiro atoms. The van der Waals surface area contributed by atoms with E-state index in [2.05, 4.69) is 15.3 Å². The Morgan fingerprint density at radius 2 is 1.94 bits per heavy atom. The fraction of sp³-hybridized carbons (Fsp3) is 0.708. The number of hydrogen-bond donors (Lipinski definition) is 2. The smallest absolute Gasteiger partial charge is 0.373 e. The summed E-state index contributed by atoms with van der Waals surface area (Å²) < 4.78 is 44.2. The zero-order valence-corrected chi connectivity index (χ0v) is 20.8. The van der Waals surface area contributed by atoms with E-state index in [9.17, 15) is 18.0 Å². The second-order valence-electron chi connectivity index (χ2n) is 9.66. The van der Waals surface area contributed by atoms with Gasteiger partial charge in [0.1, 0.15) is 17.8 Å². The highest BCUT2D eigenvalue weighted by atomic mass is 32.2. The number of carbonyl (C=O) groups excluding carboxylic acids is 1. The molecule has 7 nitrogen and oxygen atoms in total. The van der Waals surface area contributed by atoms with Crippen LogP contribution in [0.4, 0.5) is 19.0 Å². The number of hydrogen-bond acceptors (Lipinski definition) is 7. The molecule has 194 valence electrons. The SMILES string of the molecule is Cc1c(NCC2CCCC(C3C=CC(SC(F)(F)F)CC3)O2)ncnc1C(=O)N1CCC(N)CC1. The average Bonchev–Trinajstić information content (AvgIpc) is 2.83. The first-order valence-electron chi connectivity index (χ1n) is 12.4. The van der Waals surface area contributed by atoms with Crippen LogP contribution in [-0.4, -0.2) is 69.4 Å². The summed E-state index contributed by atoms with van der Waals surface area (Å²) in [6, 6.07) is 0.145. The van der Waals surface area contributed by atoms with Crippen molar-refractivity contribution >= 4 is 23.5 Å². The second kappa shape index (κ2) is 11.5. The molecule has 3 heterocycles. The molecule has 4 atom stereocenters. The summed E-state index contributed by atoms with van der Waals surface area (Å²) in [6.07, 6.45) is 10.6. The lowest BCUT2D eigenvalue weighted by Crippen LogP contribution is -2.43. The van der Waals surface area contributed by atoms with Crippen LogP contribution in [-0.2, 0) is 4.74 Å². The highest BCUT2D eigenvalue weighted by molar-refractivity contribution is 8.00. The van der Waals surface area contributed by atoms with E-state index in [4.69, 9.17) is 10.5 Å². The summed E-state index contributed by atoms with van der Waals surface area (Å²) in [4.78, 5) is 23.4. The summed E-state index contributed by atoms with van der Waals surface area (Å²) in [5, 5.41) is 2.82. The number of halogens is 3. The predicted molar refractivity (Wildman–Crippen MR) is 130 cm³/mol. The maximum absolute atomic E-state index is 13.0. The van der Waals surface area contributed by atoms with Crippen LogP contribution in [0.5, 0.6) is 0 Å². The average molecular weight is 514 g/mol. The number of nitrogens with zero attached hydrogens (tertiary/aromatic N) is 3. The van der Waals surface area contributed by atoms with E-state index in [0.717, 1.165) is 32.1 Å². The van der Waals surface area contributed by atoms with Crippen LogP contribution in [0.1, 0.15) is 61.0 Å². The van der Waals surface area contributed by atoms with Crippen LogP contribution >= 0.6 is 11.8 Å². The number of alkyl halides is 3. The minimum atomic E-state index is -4.20. The molecule has 4 unspecified atom stereocenters. The number of rotatable bonds is 6. The molecule has 11 heteroatoms. The van der Waals surface area contributed by atoms with E-state index < -0.39 is 10.8 Å². The van der Waals surface area contributed by atoms with Crippen LogP contribution in [0.2, 0.25) is 0 Å². The Balaban J connectivity index is 1.31. The van der Waals surface area contributed by atoms with Gasteiger partial charge in [-0.15, -0.1) is 0 Å². The monoisotopic (exact) mass is 513 g/mol. The molecule has 2 saturated heterocycles. The normalized spacial score (nSPS) is 28.2. The van der Waals surface area contributed by atoms with Crippen molar-refractivity contribution in [3.8, 4) is 0 Å². The van der Waals surface area contributed by atoms with Crippen molar-refractivity contribution in [2.45, 2.75) is 80.9 Å². The van der Waals surface area contributed by atoms with Gasteiger partial charge < -0.3 is 20.7 Å². The van der Waals surface area contributed by atoms with E-state index in [-0.39, 0.29) is 41.8 Å². The van der Waals surface area contributed by atoms with E-state index in [0.29, 0.717) is 49.6 Å². The lowest BCUT2D eigenvalue weighted by molar-refractivity contribution is -0.0640. The van der Waals surface area contributed by atoms with Crippen molar-refractivity contribution in [1.82, 2.24) is 14.9 Å². The van der Waals surface area contributed by atoms with Crippen LogP contribution < -0.4 is 11.1 Å². The molecule has 0 radical (unpaired) electrons. The quantitative estimate of drug-likeness (QED) is 0.548. The van der Waals surface area contributed by atoms with E-state index in [1.807, 2.05) is 13.0 Å². The van der Waals surface area contributed by atoms with Crippen LogP contribution in [0.15, 0.2) is 18.5 Å². The largest absolute Gasteiger partial charge is 0.442 e. The molecule has 0 bridgehead atoms. The van der Waals surface area contributed by atoms with Gasteiger partial charge in [0.2, 0.25) is 0 Å². The Labute approximate surface area is 208 Å². The third-order valence-corrected chi connectivity index (χ3v) is 8.08. The van der Waals surface area contributed by atoms with Gasteiger partial charge in [0.05, 0.1) is 12.2 Å². The Morgan fingerprint density at radius 1 is 1.17 bits per heavy atom. The summed E-state index contributed by atoms with van der Waals surface area (Å²) in [5.74, 6) is 0.665. The summed E-state index contributed by atoms with van der Waals surface area (Å²) in [5.41, 5.74) is 2.86. The van der Waals surface area contributed by atoms with Gasteiger partial charge in [-0.2, -0.15) is 13.2 Å². The molecule has 4 rings (SSSR count). The van der Waals surface area contributed by atoms with Gasteiger partial charge in [-0.1, -0.05) is 12.2 Å². The Morgan fingerprint density at radius 3 is 2.63 bits per heavy atom. The molecule has 3 aliphatic rings. The first-order valence-corrected chi connectivity index (χ1v) is 13.3. The molecule has 1 aliphatic carbocycles. The van der Waals surface area contributed by atoms with Crippen molar-refractivity contribution in [1.29, 1.82) is 0 Å². The maximum Gasteiger partial charge on any atom is 0.442 e. The molecule has 35 heavy (non-hydrogen) atoms. The minimum Gasteiger partial charge on any atom is -0.373 e. The number of anilines is 1. The lowest BCUT2D eigenvalue weighted by atomic mass is 9.86. The van der Waals surface area contributed by atoms with Crippen molar-refractivity contribution in [2.24, 2.45) is 11.7 Å². The summed E-state index contributed by atoms with van der Waals surface area (Å²) in [6.45, 7) is 3.66. The number of thioether (sulfide) groups is 1. The summed E-state index contributed by atoms with van der Waals surface area (Å²) in [7, 11) is 0. The maximum atomic E-state index is 13.0. The van der Waals surface area contributed by atoms with Gasteiger partial charge in [-0.3, -0.25) is 4.79 Å². The van der Waals surface area contributed by atoms with Gasteiger partial charge in [-0.05, 0) is 63.6 Å². The standard InChI is InChI=1S/C24H34F3N5O2S/c1-15-21(23(33)32-11-9-17(28)10-12-32)30-14-31-22(15)29-13-18-3-2-4-20(34-18)16-5-7-19(8-6-16)35-24(25,26)27/h5,7,14,16-20H,2-4,6,8-13,28H2,1H3,(H,29,30,31). The zero-order chi connectivity index (χ0) is 25.0. The van der Waals surface area contributed by atoms with Crippen molar-refractivity contribution in [3.63, 3.8) is 0 Å². The lowest BCUT2D eigenvalue weighted by Gasteiger charge is -2.36. The van der Waals surface area contributed by atoms with Crippen molar-refractivity contribution in [2.75, 3.05) is 25.0 Å². The van der Waals surface area contributed by atoms with Gasteiger partial charge >= 0.3 is 5.51 Å². The Kier molecular flexibility index (Phi) is 8.59. The van der Waals surface area contributed by atoms with E-state index in [1.165, 1.54) is 6.33 Å². The first-order chi connectivity index (χ1) is 16.7. The molecule has 2 aliphatic heterocycles. The van der Waals surface area contributed by atoms with Crippen LogP contribution in [0, 0.1) is 12.8 Å². The number of likely N-dealkylation sites (tertiary alicyclic amines) is 1. The van der Waals surface area contributed by atoms with Gasteiger partial charge in [0, 0.05) is 42.4 Å². The van der Waals surface area contributed by atoms with Gasteiger partial charge in [0.15, 0.2) is 0 Å².